The number of hydrogen-bond donors (Lipinski definition) is 1. The topological polar surface area (TPSA) is 49.4 Å². The summed E-state index contributed by atoms with van der Waals surface area (Å²) in [6, 6.07) is 2.38. The van der Waals surface area contributed by atoms with E-state index in [1.807, 2.05) is 0 Å². The highest BCUT2D eigenvalue weighted by Crippen LogP contribution is 2.27. The third-order valence-electron chi connectivity index (χ3n) is 3.53. The van der Waals surface area contributed by atoms with Gasteiger partial charge in [-0.15, -0.1) is 11.3 Å². The molecule has 1 heterocycles. The number of likely N-dealkylation sites (N-methyl/N-ethyl adjacent to an activating group) is 1. The fourth-order valence-corrected chi connectivity index (χ4v) is 5.82. The lowest BCUT2D eigenvalue weighted by atomic mass is 10.2. The zero-order chi connectivity index (χ0) is 13.9. The normalized spacial score (nSPS) is 17.4. The van der Waals surface area contributed by atoms with Gasteiger partial charge in [-0.2, -0.15) is 0 Å². The molecule has 0 bridgehead atoms. The van der Waals surface area contributed by atoms with Crippen molar-refractivity contribution in [3.8, 4) is 0 Å². The fourth-order valence-electron chi connectivity index (χ4n) is 2.42. The molecule has 0 amide bonds. The average molecular weight is 367 g/mol. The Labute approximate surface area is 127 Å². The largest absolute Gasteiger partial charge is 0.302 e. The van der Waals surface area contributed by atoms with Crippen LogP contribution in [-0.4, -0.2) is 39.5 Å². The summed E-state index contributed by atoms with van der Waals surface area (Å²) in [6.45, 7) is 1.21. The molecular formula is C12H19BrN2O2S2. The van der Waals surface area contributed by atoms with Gasteiger partial charge in [0.25, 0.3) is 10.0 Å². The molecule has 0 aliphatic heterocycles. The van der Waals surface area contributed by atoms with Gasteiger partial charge in [0.15, 0.2) is 0 Å². The number of nitrogens with zero attached hydrogens (tertiary/aromatic N) is 1. The van der Waals surface area contributed by atoms with Crippen LogP contribution in [0.4, 0.5) is 0 Å². The van der Waals surface area contributed by atoms with Gasteiger partial charge in [-0.05, 0) is 47.3 Å². The Balaban J connectivity index is 1.83. The molecule has 0 spiro atoms. The molecule has 1 aromatic rings. The molecule has 0 unspecified atom stereocenters. The number of halogens is 1. The molecular weight excluding hydrogens is 348 g/mol. The Morgan fingerprint density at radius 1 is 1.47 bits per heavy atom. The van der Waals surface area contributed by atoms with Gasteiger partial charge < -0.3 is 4.90 Å². The van der Waals surface area contributed by atoms with Crippen molar-refractivity contribution in [3.63, 3.8) is 0 Å². The zero-order valence-electron chi connectivity index (χ0n) is 10.9. The van der Waals surface area contributed by atoms with Crippen LogP contribution in [-0.2, 0) is 10.0 Å². The van der Waals surface area contributed by atoms with E-state index >= 15 is 0 Å². The summed E-state index contributed by atoms with van der Waals surface area (Å²) in [7, 11) is -1.30. The Morgan fingerprint density at radius 2 is 2.16 bits per heavy atom. The second-order valence-electron chi connectivity index (χ2n) is 4.87. The molecule has 2 rings (SSSR count). The predicted octanol–water partition coefficient (Wildman–Crippen LogP) is 2.66. The molecule has 4 nitrogen and oxygen atoms in total. The van der Waals surface area contributed by atoms with Crippen LogP contribution in [0.25, 0.3) is 0 Å². The first-order valence-corrected chi connectivity index (χ1v) is 9.59. The van der Waals surface area contributed by atoms with Gasteiger partial charge in [-0.1, -0.05) is 12.8 Å². The van der Waals surface area contributed by atoms with Crippen molar-refractivity contribution in [2.75, 3.05) is 20.1 Å². The molecule has 1 aliphatic carbocycles. The van der Waals surface area contributed by atoms with Crippen molar-refractivity contribution in [1.82, 2.24) is 9.62 Å². The Bertz CT molecular complexity index is 510. The van der Waals surface area contributed by atoms with Crippen molar-refractivity contribution < 1.29 is 8.42 Å². The van der Waals surface area contributed by atoms with E-state index in [1.54, 1.807) is 11.4 Å². The molecule has 1 N–H and O–H groups in total. The molecule has 7 heteroatoms. The molecule has 1 fully saturated rings. The second kappa shape index (κ2) is 6.67. The van der Waals surface area contributed by atoms with E-state index in [0.29, 0.717) is 21.3 Å². The van der Waals surface area contributed by atoms with E-state index in [-0.39, 0.29) is 0 Å². The van der Waals surface area contributed by atoms with E-state index in [4.69, 9.17) is 0 Å². The highest BCUT2D eigenvalue weighted by Gasteiger charge is 2.21. The van der Waals surface area contributed by atoms with Crippen LogP contribution in [0.5, 0.6) is 0 Å². The van der Waals surface area contributed by atoms with Crippen LogP contribution < -0.4 is 4.72 Å². The molecule has 0 atom stereocenters. The lowest BCUT2D eigenvalue weighted by molar-refractivity contribution is 0.250. The SMILES string of the molecule is CN(CCNS(=O)(=O)c1sccc1Br)C1CCCC1. The maximum atomic E-state index is 12.1. The Hall–Kier alpha value is 0.0500. The van der Waals surface area contributed by atoms with Crippen LogP contribution in [0.3, 0.4) is 0 Å². The number of thiophene rings is 1. The number of sulfonamides is 1. The minimum absolute atomic E-state index is 0.357. The van der Waals surface area contributed by atoms with Crippen LogP contribution in [0.1, 0.15) is 25.7 Å². The standard InChI is InChI=1S/C12H19BrN2O2S2/c1-15(10-4-2-3-5-10)8-7-14-19(16,17)12-11(13)6-9-18-12/h6,9-10,14H,2-5,7-8H2,1H3. The van der Waals surface area contributed by atoms with Crippen molar-refractivity contribution in [1.29, 1.82) is 0 Å². The first-order chi connectivity index (χ1) is 9.00. The molecule has 1 aliphatic rings. The van der Waals surface area contributed by atoms with Gasteiger partial charge >= 0.3 is 0 Å². The summed E-state index contributed by atoms with van der Waals surface area (Å²) in [6.07, 6.45) is 5.06. The first-order valence-electron chi connectivity index (χ1n) is 6.43. The third kappa shape index (κ3) is 4.01. The Morgan fingerprint density at radius 3 is 2.74 bits per heavy atom. The second-order valence-corrected chi connectivity index (χ2v) is 8.61. The van der Waals surface area contributed by atoms with Gasteiger partial charge in [0.1, 0.15) is 4.21 Å². The lowest BCUT2D eigenvalue weighted by Crippen LogP contribution is -2.37. The zero-order valence-corrected chi connectivity index (χ0v) is 14.2. The van der Waals surface area contributed by atoms with Gasteiger partial charge in [-0.3, -0.25) is 0 Å². The monoisotopic (exact) mass is 366 g/mol. The highest BCUT2D eigenvalue weighted by atomic mass is 79.9. The molecule has 1 saturated carbocycles. The molecule has 0 radical (unpaired) electrons. The van der Waals surface area contributed by atoms with E-state index in [1.165, 1.54) is 37.0 Å². The molecule has 108 valence electrons. The maximum Gasteiger partial charge on any atom is 0.251 e. The average Bonchev–Trinajstić information content (AvgIpc) is 2.98. The fraction of sp³-hybridized carbons (Fsp3) is 0.667. The van der Waals surface area contributed by atoms with Crippen LogP contribution in [0, 0.1) is 0 Å². The lowest BCUT2D eigenvalue weighted by Gasteiger charge is -2.23. The van der Waals surface area contributed by atoms with Gasteiger partial charge in [-0.25, -0.2) is 13.1 Å². The van der Waals surface area contributed by atoms with Crippen molar-refractivity contribution >= 4 is 37.3 Å². The van der Waals surface area contributed by atoms with E-state index in [2.05, 4.69) is 32.6 Å². The summed E-state index contributed by atoms with van der Waals surface area (Å²) >= 11 is 4.49. The number of hydrogen-bond acceptors (Lipinski definition) is 4. The summed E-state index contributed by atoms with van der Waals surface area (Å²) in [4.78, 5) is 2.26. The van der Waals surface area contributed by atoms with Crippen LogP contribution >= 0.6 is 27.3 Å². The van der Waals surface area contributed by atoms with E-state index in [9.17, 15) is 8.42 Å². The van der Waals surface area contributed by atoms with Gasteiger partial charge in [0.05, 0.1) is 0 Å². The minimum atomic E-state index is -3.37. The number of rotatable bonds is 6. The molecule has 0 saturated heterocycles. The summed E-state index contributed by atoms with van der Waals surface area (Å²) in [5, 5.41) is 1.77. The summed E-state index contributed by atoms with van der Waals surface area (Å²) < 4.78 is 27.8. The highest BCUT2D eigenvalue weighted by molar-refractivity contribution is 9.10. The first kappa shape index (κ1) is 15.4. The van der Waals surface area contributed by atoms with Crippen LogP contribution in [0.15, 0.2) is 20.1 Å². The van der Waals surface area contributed by atoms with Crippen LogP contribution in [0.2, 0.25) is 0 Å². The Kier molecular flexibility index (Phi) is 5.42. The predicted molar refractivity (Wildman–Crippen MR) is 82.1 cm³/mol. The summed E-state index contributed by atoms with van der Waals surface area (Å²) in [5.41, 5.74) is 0. The third-order valence-corrected chi connectivity index (χ3v) is 7.66. The summed E-state index contributed by atoms with van der Waals surface area (Å²) in [5.74, 6) is 0. The van der Waals surface area contributed by atoms with Crippen molar-refractivity contribution in [2.24, 2.45) is 0 Å². The van der Waals surface area contributed by atoms with Crippen molar-refractivity contribution in [3.05, 3.63) is 15.9 Å². The van der Waals surface area contributed by atoms with Gasteiger partial charge in [0, 0.05) is 23.6 Å². The van der Waals surface area contributed by atoms with Crippen molar-refractivity contribution in [2.45, 2.75) is 35.9 Å². The van der Waals surface area contributed by atoms with E-state index in [0.717, 1.165) is 6.54 Å². The quantitative estimate of drug-likeness (QED) is 0.841. The van der Waals surface area contributed by atoms with Gasteiger partial charge in [0.2, 0.25) is 0 Å². The molecule has 0 aromatic carbocycles. The van der Waals surface area contributed by atoms with E-state index < -0.39 is 10.0 Å². The number of nitrogens with one attached hydrogen (secondary N) is 1. The molecule has 1 aromatic heterocycles. The smallest absolute Gasteiger partial charge is 0.251 e. The maximum absolute atomic E-state index is 12.1. The molecule has 19 heavy (non-hydrogen) atoms. The minimum Gasteiger partial charge on any atom is -0.302 e.